The molecule has 0 fully saturated rings. The summed E-state index contributed by atoms with van der Waals surface area (Å²) in [4.78, 5) is 11.4. The van der Waals surface area contributed by atoms with Gasteiger partial charge in [-0.2, -0.15) is 11.8 Å². The molecule has 1 atom stereocenters. The van der Waals surface area contributed by atoms with Crippen LogP contribution >= 0.6 is 11.8 Å². The van der Waals surface area contributed by atoms with Crippen molar-refractivity contribution in [3.05, 3.63) is 0 Å². The van der Waals surface area contributed by atoms with Gasteiger partial charge in [-0.15, -0.1) is 0 Å². The first-order chi connectivity index (χ1) is 7.24. The van der Waals surface area contributed by atoms with E-state index >= 15 is 0 Å². The van der Waals surface area contributed by atoms with Crippen molar-refractivity contribution in [2.45, 2.75) is 32.6 Å². The van der Waals surface area contributed by atoms with Crippen molar-refractivity contribution >= 4 is 17.7 Å². The molecule has 0 aliphatic heterocycles. The van der Waals surface area contributed by atoms with E-state index in [0.717, 1.165) is 19.4 Å². The van der Waals surface area contributed by atoms with E-state index < -0.39 is 0 Å². The standard InChI is InChI=1S/C11H24N2OS/c1-3-10(9-12)8-11(14)13-6-4-5-7-15-2/h10H,3-9,12H2,1-2H3,(H,13,14). The number of nitrogens with one attached hydrogen (secondary N) is 1. The molecule has 15 heavy (non-hydrogen) atoms. The lowest BCUT2D eigenvalue weighted by molar-refractivity contribution is -0.121. The molecule has 0 aliphatic carbocycles. The molecule has 0 bridgehead atoms. The van der Waals surface area contributed by atoms with Gasteiger partial charge in [-0.1, -0.05) is 13.3 Å². The van der Waals surface area contributed by atoms with Gasteiger partial charge in [-0.3, -0.25) is 4.79 Å². The van der Waals surface area contributed by atoms with Crippen molar-refractivity contribution in [1.29, 1.82) is 0 Å². The molecule has 1 unspecified atom stereocenters. The topological polar surface area (TPSA) is 55.1 Å². The Morgan fingerprint density at radius 2 is 2.20 bits per heavy atom. The van der Waals surface area contributed by atoms with Gasteiger partial charge in [0.05, 0.1) is 0 Å². The Bertz CT molecular complexity index is 161. The Hall–Kier alpha value is -0.220. The van der Waals surface area contributed by atoms with E-state index in [1.54, 1.807) is 0 Å². The van der Waals surface area contributed by atoms with Gasteiger partial charge in [-0.05, 0) is 37.3 Å². The second-order valence-corrected chi connectivity index (χ2v) is 4.75. The summed E-state index contributed by atoms with van der Waals surface area (Å²) in [5, 5.41) is 2.94. The average molecular weight is 232 g/mol. The van der Waals surface area contributed by atoms with E-state index in [4.69, 9.17) is 5.73 Å². The first-order valence-corrected chi connectivity index (χ1v) is 7.09. The second-order valence-electron chi connectivity index (χ2n) is 3.76. The van der Waals surface area contributed by atoms with Crippen LogP contribution in [0.5, 0.6) is 0 Å². The third kappa shape index (κ3) is 8.75. The summed E-state index contributed by atoms with van der Waals surface area (Å²) in [6.07, 6.45) is 5.92. The summed E-state index contributed by atoms with van der Waals surface area (Å²) in [5.41, 5.74) is 5.54. The lowest BCUT2D eigenvalue weighted by atomic mass is 10.0. The van der Waals surface area contributed by atoms with Crippen LogP contribution in [-0.4, -0.2) is 31.0 Å². The minimum absolute atomic E-state index is 0.149. The molecule has 0 saturated carbocycles. The molecule has 4 heteroatoms. The van der Waals surface area contributed by atoms with Gasteiger partial charge in [-0.25, -0.2) is 0 Å². The fourth-order valence-electron chi connectivity index (χ4n) is 1.33. The zero-order chi connectivity index (χ0) is 11.5. The van der Waals surface area contributed by atoms with Crippen LogP contribution in [0.3, 0.4) is 0 Å². The highest BCUT2D eigenvalue weighted by molar-refractivity contribution is 7.98. The monoisotopic (exact) mass is 232 g/mol. The summed E-state index contributed by atoms with van der Waals surface area (Å²) >= 11 is 1.85. The Kier molecular flexibility index (Phi) is 10.2. The van der Waals surface area contributed by atoms with Crippen molar-refractivity contribution in [3.63, 3.8) is 0 Å². The zero-order valence-corrected chi connectivity index (χ0v) is 10.7. The maximum absolute atomic E-state index is 11.4. The van der Waals surface area contributed by atoms with Gasteiger partial charge in [0.2, 0.25) is 5.91 Å². The van der Waals surface area contributed by atoms with E-state index in [-0.39, 0.29) is 5.91 Å². The molecular weight excluding hydrogens is 208 g/mol. The molecule has 0 aliphatic rings. The van der Waals surface area contributed by atoms with Crippen LogP contribution in [0.1, 0.15) is 32.6 Å². The number of hydrogen-bond acceptors (Lipinski definition) is 3. The zero-order valence-electron chi connectivity index (χ0n) is 9.92. The van der Waals surface area contributed by atoms with Gasteiger partial charge < -0.3 is 11.1 Å². The molecule has 0 aromatic heterocycles. The molecule has 90 valence electrons. The Labute approximate surface area is 97.6 Å². The third-order valence-electron chi connectivity index (χ3n) is 2.48. The van der Waals surface area contributed by atoms with Crippen molar-refractivity contribution < 1.29 is 4.79 Å². The van der Waals surface area contributed by atoms with Crippen LogP contribution in [0.4, 0.5) is 0 Å². The van der Waals surface area contributed by atoms with Crippen molar-refractivity contribution in [3.8, 4) is 0 Å². The van der Waals surface area contributed by atoms with Crippen molar-refractivity contribution in [2.24, 2.45) is 11.7 Å². The van der Waals surface area contributed by atoms with Gasteiger partial charge in [0.25, 0.3) is 0 Å². The van der Waals surface area contributed by atoms with Gasteiger partial charge >= 0.3 is 0 Å². The fourth-order valence-corrected chi connectivity index (χ4v) is 1.82. The number of unbranched alkanes of at least 4 members (excludes halogenated alkanes) is 1. The molecule has 3 nitrogen and oxygen atoms in total. The van der Waals surface area contributed by atoms with E-state index in [1.807, 2.05) is 11.8 Å². The van der Waals surface area contributed by atoms with E-state index in [1.165, 1.54) is 12.2 Å². The summed E-state index contributed by atoms with van der Waals surface area (Å²) in [6, 6.07) is 0. The number of hydrogen-bond donors (Lipinski definition) is 2. The molecule has 0 rings (SSSR count). The van der Waals surface area contributed by atoms with Crippen molar-refractivity contribution in [1.82, 2.24) is 5.32 Å². The molecule has 3 N–H and O–H groups in total. The lowest BCUT2D eigenvalue weighted by Crippen LogP contribution is -2.28. The molecular formula is C11H24N2OS. The molecule has 0 radical (unpaired) electrons. The normalized spacial score (nSPS) is 12.5. The van der Waals surface area contributed by atoms with E-state index in [0.29, 0.717) is 18.9 Å². The predicted octanol–water partition coefficient (Wildman–Crippen LogP) is 1.62. The number of nitrogens with two attached hydrogens (primary N) is 1. The summed E-state index contributed by atoms with van der Waals surface area (Å²) in [5.74, 6) is 1.67. The van der Waals surface area contributed by atoms with Gasteiger partial charge in [0.15, 0.2) is 0 Å². The van der Waals surface area contributed by atoms with Crippen molar-refractivity contribution in [2.75, 3.05) is 25.1 Å². The Morgan fingerprint density at radius 3 is 2.73 bits per heavy atom. The fraction of sp³-hybridized carbons (Fsp3) is 0.909. The number of rotatable bonds is 9. The van der Waals surface area contributed by atoms with Crippen LogP contribution in [0.15, 0.2) is 0 Å². The summed E-state index contributed by atoms with van der Waals surface area (Å²) in [6.45, 7) is 3.49. The SMILES string of the molecule is CCC(CN)CC(=O)NCCCCSC. The Morgan fingerprint density at radius 1 is 1.47 bits per heavy atom. The highest BCUT2D eigenvalue weighted by Gasteiger charge is 2.09. The van der Waals surface area contributed by atoms with Crippen LogP contribution in [-0.2, 0) is 4.79 Å². The van der Waals surface area contributed by atoms with E-state index in [9.17, 15) is 4.79 Å². The van der Waals surface area contributed by atoms with Crippen LogP contribution in [0.2, 0.25) is 0 Å². The maximum atomic E-state index is 11.4. The summed E-state index contributed by atoms with van der Waals surface area (Å²) in [7, 11) is 0. The third-order valence-corrected chi connectivity index (χ3v) is 3.18. The average Bonchev–Trinajstić information content (AvgIpc) is 2.25. The Balaban J connectivity index is 3.40. The highest BCUT2D eigenvalue weighted by Crippen LogP contribution is 2.05. The molecule has 0 heterocycles. The number of thioether (sulfide) groups is 1. The molecule has 0 spiro atoms. The quantitative estimate of drug-likeness (QED) is 0.594. The van der Waals surface area contributed by atoms with Gasteiger partial charge in [0.1, 0.15) is 0 Å². The van der Waals surface area contributed by atoms with E-state index in [2.05, 4.69) is 18.5 Å². The molecule has 0 aromatic carbocycles. The summed E-state index contributed by atoms with van der Waals surface area (Å²) < 4.78 is 0. The maximum Gasteiger partial charge on any atom is 0.220 e. The number of amides is 1. The molecule has 0 saturated heterocycles. The number of carbonyl (C=O) groups is 1. The largest absolute Gasteiger partial charge is 0.356 e. The van der Waals surface area contributed by atoms with Crippen LogP contribution in [0, 0.1) is 5.92 Å². The smallest absolute Gasteiger partial charge is 0.220 e. The minimum atomic E-state index is 0.149. The lowest BCUT2D eigenvalue weighted by Gasteiger charge is -2.11. The first-order valence-electron chi connectivity index (χ1n) is 5.70. The van der Waals surface area contributed by atoms with Crippen LogP contribution < -0.4 is 11.1 Å². The molecule has 0 aromatic rings. The second kappa shape index (κ2) is 10.3. The first kappa shape index (κ1) is 14.8. The molecule has 1 amide bonds. The minimum Gasteiger partial charge on any atom is -0.356 e. The number of carbonyl (C=O) groups excluding carboxylic acids is 1. The van der Waals surface area contributed by atoms with Gasteiger partial charge in [0, 0.05) is 13.0 Å². The highest BCUT2D eigenvalue weighted by atomic mass is 32.2. The predicted molar refractivity (Wildman–Crippen MR) is 68.1 cm³/mol. The van der Waals surface area contributed by atoms with Crippen LogP contribution in [0.25, 0.3) is 0 Å².